The zero-order valence-corrected chi connectivity index (χ0v) is 23.2. The Morgan fingerprint density at radius 1 is 0.974 bits per heavy atom. The summed E-state index contributed by atoms with van der Waals surface area (Å²) in [7, 11) is 0. The van der Waals surface area contributed by atoms with Crippen molar-refractivity contribution in [3.05, 3.63) is 48.0 Å². The molecule has 1 aromatic carbocycles. The van der Waals surface area contributed by atoms with Crippen molar-refractivity contribution in [2.75, 3.05) is 12.0 Å². The van der Waals surface area contributed by atoms with Gasteiger partial charge in [-0.2, -0.15) is 11.8 Å². The molecule has 8 N–H and O–H groups in total. The third-order valence-corrected chi connectivity index (χ3v) is 6.56. The lowest BCUT2D eigenvalue weighted by molar-refractivity contribution is -0.142. The van der Waals surface area contributed by atoms with Crippen molar-refractivity contribution >= 4 is 35.5 Å². The van der Waals surface area contributed by atoms with E-state index in [0.29, 0.717) is 23.4 Å². The van der Waals surface area contributed by atoms with E-state index in [2.05, 4.69) is 25.9 Å². The summed E-state index contributed by atoms with van der Waals surface area (Å²) in [5.41, 5.74) is 7.20. The zero-order valence-electron chi connectivity index (χ0n) is 22.3. The number of phenolic OH excluding ortho intramolecular Hbond substituents is 1. The number of nitrogens with one attached hydrogen (secondary N) is 4. The molecule has 0 spiro atoms. The summed E-state index contributed by atoms with van der Waals surface area (Å²) in [6.45, 7) is 3.68. The number of hydrogen-bond donors (Lipinski definition) is 7. The number of amides is 3. The van der Waals surface area contributed by atoms with Gasteiger partial charge in [0.05, 0.1) is 12.4 Å². The number of imidazole rings is 1. The fourth-order valence-corrected chi connectivity index (χ4v) is 4.28. The molecule has 2 rings (SSSR count). The summed E-state index contributed by atoms with van der Waals surface area (Å²) in [6.07, 6.45) is 5.56. The first kappa shape index (κ1) is 31.6. The number of rotatable bonds is 16. The number of aromatic hydroxyl groups is 1. The van der Waals surface area contributed by atoms with E-state index in [4.69, 9.17) is 5.73 Å². The standard InChI is InChI=1S/C26H38N6O6S/c1-15(2)10-22(26(37)38)32-24(35)20(11-16-4-6-18(33)7-5-16)31-25(36)21(12-17-13-28-14-29-17)30-23(34)19(27)8-9-39-3/h4-7,13-15,19-22,33H,8-12,27H2,1-3H3,(H,28,29)(H,30,34)(H,31,36)(H,32,35)(H,37,38). The molecule has 3 amide bonds. The number of aromatic amines is 1. The van der Waals surface area contributed by atoms with Crippen molar-refractivity contribution < 1.29 is 29.4 Å². The Kier molecular flexibility index (Phi) is 12.8. The second kappa shape index (κ2) is 15.7. The van der Waals surface area contributed by atoms with Crippen molar-refractivity contribution in [1.82, 2.24) is 25.9 Å². The normalized spacial score (nSPS) is 14.2. The molecule has 0 aliphatic carbocycles. The van der Waals surface area contributed by atoms with E-state index in [9.17, 15) is 29.4 Å². The minimum absolute atomic E-state index is 0.000791. The van der Waals surface area contributed by atoms with Crippen molar-refractivity contribution in [2.45, 2.75) is 63.7 Å². The molecule has 13 heteroatoms. The minimum Gasteiger partial charge on any atom is -0.508 e. The predicted molar refractivity (Wildman–Crippen MR) is 148 cm³/mol. The van der Waals surface area contributed by atoms with Gasteiger partial charge in [0.1, 0.15) is 23.9 Å². The van der Waals surface area contributed by atoms with E-state index >= 15 is 0 Å². The molecule has 0 saturated carbocycles. The molecular formula is C26H38N6O6S. The second-order valence-corrected chi connectivity index (χ2v) is 10.7. The van der Waals surface area contributed by atoms with E-state index in [0.717, 1.165) is 0 Å². The maximum Gasteiger partial charge on any atom is 0.326 e. The predicted octanol–water partition coefficient (Wildman–Crippen LogP) is 0.566. The summed E-state index contributed by atoms with van der Waals surface area (Å²) in [4.78, 5) is 58.1. The third-order valence-electron chi connectivity index (χ3n) is 5.91. The van der Waals surface area contributed by atoms with E-state index in [-0.39, 0.29) is 30.9 Å². The lowest BCUT2D eigenvalue weighted by Gasteiger charge is -2.25. The number of nitrogens with two attached hydrogens (primary N) is 1. The smallest absolute Gasteiger partial charge is 0.326 e. The Hall–Kier alpha value is -3.58. The van der Waals surface area contributed by atoms with Crippen LogP contribution < -0.4 is 21.7 Å². The molecule has 214 valence electrons. The number of carbonyl (C=O) groups excluding carboxylic acids is 3. The van der Waals surface area contributed by atoms with Crippen LogP contribution in [0, 0.1) is 5.92 Å². The van der Waals surface area contributed by atoms with Crippen LogP contribution in [0.4, 0.5) is 0 Å². The lowest BCUT2D eigenvalue weighted by Crippen LogP contribution is -2.58. The first-order valence-corrected chi connectivity index (χ1v) is 14.0. The Morgan fingerprint density at radius 3 is 2.10 bits per heavy atom. The molecule has 0 radical (unpaired) electrons. The first-order valence-electron chi connectivity index (χ1n) is 12.6. The molecule has 1 aromatic heterocycles. The molecule has 0 aliphatic heterocycles. The van der Waals surface area contributed by atoms with E-state index < -0.39 is 47.9 Å². The molecule has 0 fully saturated rings. The third kappa shape index (κ3) is 11.0. The highest BCUT2D eigenvalue weighted by Crippen LogP contribution is 2.13. The Balaban J connectivity index is 2.28. The van der Waals surface area contributed by atoms with Crippen LogP contribution in [-0.2, 0) is 32.0 Å². The van der Waals surface area contributed by atoms with E-state index in [1.54, 1.807) is 23.9 Å². The molecule has 12 nitrogen and oxygen atoms in total. The van der Waals surface area contributed by atoms with Crippen molar-refractivity contribution in [2.24, 2.45) is 11.7 Å². The number of benzene rings is 1. The maximum atomic E-state index is 13.5. The molecule has 39 heavy (non-hydrogen) atoms. The van der Waals surface area contributed by atoms with Gasteiger partial charge in [-0.25, -0.2) is 9.78 Å². The van der Waals surface area contributed by atoms with Crippen molar-refractivity contribution in [3.8, 4) is 5.75 Å². The van der Waals surface area contributed by atoms with Gasteiger partial charge in [-0.15, -0.1) is 0 Å². The Morgan fingerprint density at radius 2 is 1.56 bits per heavy atom. The van der Waals surface area contributed by atoms with Crippen LogP contribution in [0.1, 0.15) is 37.9 Å². The summed E-state index contributed by atoms with van der Waals surface area (Å²) in [5, 5.41) is 27.1. The number of thioether (sulfide) groups is 1. The highest BCUT2D eigenvalue weighted by Gasteiger charge is 2.31. The molecule has 2 aromatic rings. The fourth-order valence-electron chi connectivity index (χ4n) is 3.79. The molecular weight excluding hydrogens is 524 g/mol. The van der Waals surface area contributed by atoms with Gasteiger partial charge in [-0.3, -0.25) is 14.4 Å². The zero-order chi connectivity index (χ0) is 28.9. The van der Waals surface area contributed by atoms with Gasteiger partial charge in [-0.05, 0) is 48.5 Å². The molecule has 1 heterocycles. The highest BCUT2D eigenvalue weighted by atomic mass is 32.2. The number of nitrogens with zero attached hydrogens (tertiary/aromatic N) is 1. The summed E-state index contributed by atoms with van der Waals surface area (Å²) < 4.78 is 0. The number of hydrogen-bond acceptors (Lipinski definition) is 8. The molecule has 4 atom stereocenters. The Labute approximate surface area is 231 Å². The maximum absolute atomic E-state index is 13.5. The number of H-pyrrole nitrogens is 1. The van der Waals surface area contributed by atoms with Crippen LogP contribution in [0.25, 0.3) is 0 Å². The van der Waals surface area contributed by atoms with Crippen molar-refractivity contribution in [1.29, 1.82) is 0 Å². The lowest BCUT2D eigenvalue weighted by atomic mass is 10.0. The number of carbonyl (C=O) groups is 4. The Bertz CT molecular complexity index is 1080. The fraction of sp³-hybridized carbons (Fsp3) is 0.500. The first-order chi connectivity index (χ1) is 18.5. The molecule has 4 unspecified atom stereocenters. The van der Waals surface area contributed by atoms with Crippen LogP contribution in [0.15, 0.2) is 36.8 Å². The van der Waals surface area contributed by atoms with Gasteiger partial charge in [-0.1, -0.05) is 26.0 Å². The average molecular weight is 563 g/mol. The van der Waals surface area contributed by atoms with Gasteiger partial charge >= 0.3 is 5.97 Å². The van der Waals surface area contributed by atoms with Crippen LogP contribution >= 0.6 is 11.8 Å². The number of aliphatic carboxylic acids is 1. The molecule has 0 saturated heterocycles. The van der Waals surface area contributed by atoms with Crippen LogP contribution in [0.3, 0.4) is 0 Å². The minimum atomic E-state index is -1.18. The number of carboxylic acids is 1. The number of phenols is 1. The van der Waals surface area contributed by atoms with Crippen LogP contribution in [-0.4, -0.2) is 80.0 Å². The van der Waals surface area contributed by atoms with Gasteiger partial charge in [0, 0.05) is 24.7 Å². The van der Waals surface area contributed by atoms with Gasteiger partial charge in [0.25, 0.3) is 0 Å². The van der Waals surface area contributed by atoms with Crippen molar-refractivity contribution in [3.63, 3.8) is 0 Å². The average Bonchev–Trinajstić information content (AvgIpc) is 3.40. The topological polar surface area (TPSA) is 200 Å². The summed E-state index contributed by atoms with van der Waals surface area (Å²) in [6, 6.07) is 1.87. The molecule has 0 bridgehead atoms. The van der Waals surface area contributed by atoms with Gasteiger partial charge < -0.3 is 36.9 Å². The van der Waals surface area contributed by atoms with Crippen LogP contribution in [0.5, 0.6) is 5.75 Å². The summed E-state index contributed by atoms with van der Waals surface area (Å²) in [5.74, 6) is -2.33. The van der Waals surface area contributed by atoms with Crippen LogP contribution in [0.2, 0.25) is 0 Å². The van der Waals surface area contributed by atoms with E-state index in [1.165, 1.54) is 24.7 Å². The molecule has 0 aliphatic rings. The quantitative estimate of drug-likeness (QED) is 0.153. The van der Waals surface area contributed by atoms with E-state index in [1.807, 2.05) is 20.1 Å². The largest absolute Gasteiger partial charge is 0.508 e. The summed E-state index contributed by atoms with van der Waals surface area (Å²) >= 11 is 1.55. The number of aromatic nitrogens is 2. The van der Waals surface area contributed by atoms with Gasteiger partial charge in [0.2, 0.25) is 17.7 Å². The SMILES string of the molecule is CSCCC(N)C(=O)NC(Cc1cnc[nH]1)C(=O)NC(Cc1ccc(O)cc1)C(=O)NC(CC(C)C)C(=O)O. The monoisotopic (exact) mass is 562 g/mol. The second-order valence-electron chi connectivity index (χ2n) is 9.69. The number of carboxylic acid groups (broad SMARTS) is 1. The van der Waals surface area contributed by atoms with Gasteiger partial charge in [0.15, 0.2) is 0 Å². The highest BCUT2D eigenvalue weighted by molar-refractivity contribution is 7.98.